The lowest BCUT2D eigenvalue weighted by Crippen LogP contribution is -2.49. The molecule has 0 radical (unpaired) electrons. The van der Waals surface area contributed by atoms with Crippen LogP contribution in [0.5, 0.6) is 17.2 Å². The Hall–Kier alpha value is -1.95. The quantitative estimate of drug-likeness (QED) is 0.695. The van der Waals surface area contributed by atoms with Crippen molar-refractivity contribution < 1.29 is 19.0 Å². The van der Waals surface area contributed by atoms with Crippen molar-refractivity contribution in [3.05, 3.63) is 18.2 Å². The SMILES string of the molecule is COc1cc(OC)cc(OCCCC(C)(N)C(N)=O)c1. The van der Waals surface area contributed by atoms with Gasteiger partial charge in [-0.15, -0.1) is 0 Å². The first-order valence-corrected chi connectivity index (χ1v) is 6.33. The summed E-state index contributed by atoms with van der Waals surface area (Å²) in [6.45, 7) is 2.04. The van der Waals surface area contributed by atoms with E-state index in [4.69, 9.17) is 25.7 Å². The molecule has 1 rings (SSSR count). The second-order valence-electron chi connectivity index (χ2n) is 4.78. The number of carbonyl (C=O) groups is 1. The second-order valence-corrected chi connectivity index (χ2v) is 4.78. The number of amides is 1. The normalized spacial score (nSPS) is 13.4. The van der Waals surface area contributed by atoms with Crippen LogP contribution in [0, 0.1) is 0 Å². The zero-order valence-electron chi connectivity index (χ0n) is 12.1. The van der Waals surface area contributed by atoms with E-state index in [0.29, 0.717) is 36.7 Å². The van der Waals surface area contributed by atoms with E-state index in [9.17, 15) is 4.79 Å². The van der Waals surface area contributed by atoms with Gasteiger partial charge in [0.05, 0.1) is 26.4 Å². The third-order valence-electron chi connectivity index (χ3n) is 3.00. The van der Waals surface area contributed by atoms with Gasteiger partial charge in [0.2, 0.25) is 5.91 Å². The molecule has 112 valence electrons. The van der Waals surface area contributed by atoms with E-state index in [1.807, 2.05) is 0 Å². The Bertz CT molecular complexity index is 438. The predicted octanol–water partition coefficient (Wildman–Crippen LogP) is 1.07. The first-order chi connectivity index (χ1) is 9.39. The fraction of sp³-hybridized carbons (Fsp3) is 0.500. The molecule has 6 nitrogen and oxygen atoms in total. The summed E-state index contributed by atoms with van der Waals surface area (Å²) in [5, 5.41) is 0. The lowest BCUT2D eigenvalue weighted by atomic mass is 9.97. The molecule has 1 aromatic rings. The van der Waals surface area contributed by atoms with Gasteiger partial charge in [-0.05, 0) is 19.8 Å². The van der Waals surface area contributed by atoms with Crippen molar-refractivity contribution in [2.75, 3.05) is 20.8 Å². The number of methoxy groups -OCH3 is 2. The van der Waals surface area contributed by atoms with Gasteiger partial charge in [0.1, 0.15) is 17.2 Å². The van der Waals surface area contributed by atoms with Crippen LogP contribution in [0.15, 0.2) is 18.2 Å². The third-order valence-corrected chi connectivity index (χ3v) is 3.00. The van der Waals surface area contributed by atoms with Crippen LogP contribution in [0.4, 0.5) is 0 Å². The van der Waals surface area contributed by atoms with Gasteiger partial charge in [-0.3, -0.25) is 4.79 Å². The van der Waals surface area contributed by atoms with Crippen molar-refractivity contribution >= 4 is 5.91 Å². The number of benzene rings is 1. The fourth-order valence-electron chi connectivity index (χ4n) is 1.62. The number of ether oxygens (including phenoxy) is 3. The van der Waals surface area contributed by atoms with Gasteiger partial charge in [0.25, 0.3) is 0 Å². The van der Waals surface area contributed by atoms with Crippen LogP contribution < -0.4 is 25.7 Å². The maximum atomic E-state index is 11.1. The molecule has 0 saturated heterocycles. The Morgan fingerprint density at radius 1 is 1.15 bits per heavy atom. The van der Waals surface area contributed by atoms with E-state index in [-0.39, 0.29) is 0 Å². The third kappa shape index (κ3) is 4.62. The first kappa shape index (κ1) is 16.1. The Morgan fingerprint density at radius 2 is 1.65 bits per heavy atom. The molecule has 1 amide bonds. The number of hydrogen-bond donors (Lipinski definition) is 2. The number of nitrogens with two attached hydrogens (primary N) is 2. The highest BCUT2D eigenvalue weighted by molar-refractivity contribution is 5.83. The summed E-state index contributed by atoms with van der Waals surface area (Å²) in [6, 6.07) is 5.29. The van der Waals surface area contributed by atoms with Crippen LogP contribution in [0.25, 0.3) is 0 Å². The average molecular weight is 282 g/mol. The molecule has 4 N–H and O–H groups in total. The Kier molecular flexibility index (Phi) is 5.64. The van der Waals surface area contributed by atoms with Gasteiger partial charge >= 0.3 is 0 Å². The molecular weight excluding hydrogens is 260 g/mol. The van der Waals surface area contributed by atoms with Gasteiger partial charge in [-0.25, -0.2) is 0 Å². The molecule has 0 aromatic heterocycles. The number of rotatable bonds is 8. The van der Waals surface area contributed by atoms with E-state index in [1.165, 1.54) is 0 Å². The van der Waals surface area contributed by atoms with E-state index in [2.05, 4.69) is 0 Å². The van der Waals surface area contributed by atoms with Crippen LogP contribution in [-0.2, 0) is 4.79 Å². The zero-order chi connectivity index (χ0) is 15.2. The highest BCUT2D eigenvalue weighted by atomic mass is 16.5. The van der Waals surface area contributed by atoms with Crippen LogP contribution in [0.1, 0.15) is 19.8 Å². The molecule has 1 unspecified atom stereocenters. The standard InChI is InChI=1S/C14H22N2O4/c1-14(16,13(15)17)5-4-6-20-12-8-10(18-2)7-11(9-12)19-3/h7-9H,4-6,16H2,1-3H3,(H2,15,17). The topological polar surface area (TPSA) is 96.8 Å². The fourth-order valence-corrected chi connectivity index (χ4v) is 1.62. The van der Waals surface area contributed by atoms with Gasteiger partial charge in [-0.1, -0.05) is 0 Å². The molecular formula is C14H22N2O4. The molecule has 0 aliphatic carbocycles. The molecule has 0 heterocycles. The van der Waals surface area contributed by atoms with E-state index >= 15 is 0 Å². The highest BCUT2D eigenvalue weighted by Gasteiger charge is 2.24. The molecule has 0 aliphatic heterocycles. The average Bonchev–Trinajstić information content (AvgIpc) is 2.43. The largest absolute Gasteiger partial charge is 0.496 e. The van der Waals surface area contributed by atoms with Gasteiger partial charge in [0.15, 0.2) is 0 Å². The smallest absolute Gasteiger partial charge is 0.237 e. The monoisotopic (exact) mass is 282 g/mol. The van der Waals surface area contributed by atoms with E-state index in [1.54, 1.807) is 39.3 Å². The molecule has 20 heavy (non-hydrogen) atoms. The minimum Gasteiger partial charge on any atom is -0.496 e. The Balaban J connectivity index is 2.52. The molecule has 0 fully saturated rings. The minimum absolute atomic E-state index is 0.427. The number of primary amides is 1. The lowest BCUT2D eigenvalue weighted by Gasteiger charge is -2.20. The molecule has 0 saturated carbocycles. The highest BCUT2D eigenvalue weighted by Crippen LogP contribution is 2.27. The summed E-state index contributed by atoms with van der Waals surface area (Å²) in [7, 11) is 3.15. The van der Waals surface area contributed by atoms with Gasteiger partial charge < -0.3 is 25.7 Å². The van der Waals surface area contributed by atoms with E-state index < -0.39 is 11.4 Å². The second kappa shape index (κ2) is 7.00. The number of carbonyl (C=O) groups excluding carboxylic acids is 1. The zero-order valence-corrected chi connectivity index (χ0v) is 12.1. The molecule has 6 heteroatoms. The molecule has 0 spiro atoms. The van der Waals surface area contributed by atoms with Crippen LogP contribution in [-0.4, -0.2) is 32.3 Å². The van der Waals surface area contributed by atoms with Crippen molar-refractivity contribution in [3.8, 4) is 17.2 Å². The lowest BCUT2D eigenvalue weighted by molar-refractivity contribution is -0.122. The maximum Gasteiger partial charge on any atom is 0.237 e. The summed E-state index contributed by atoms with van der Waals surface area (Å²) in [5.74, 6) is 1.43. The molecule has 1 atom stereocenters. The summed E-state index contributed by atoms with van der Waals surface area (Å²) < 4.78 is 15.9. The Morgan fingerprint density at radius 3 is 2.10 bits per heavy atom. The predicted molar refractivity (Wildman–Crippen MR) is 76.1 cm³/mol. The van der Waals surface area contributed by atoms with Crippen molar-refractivity contribution in [3.63, 3.8) is 0 Å². The van der Waals surface area contributed by atoms with E-state index in [0.717, 1.165) is 0 Å². The minimum atomic E-state index is -1.00. The van der Waals surface area contributed by atoms with Crippen LogP contribution in [0.3, 0.4) is 0 Å². The molecule has 0 aliphatic rings. The summed E-state index contributed by atoms with van der Waals surface area (Å²) in [5.41, 5.74) is 9.96. The van der Waals surface area contributed by atoms with Gasteiger partial charge in [-0.2, -0.15) is 0 Å². The summed E-state index contributed by atoms with van der Waals surface area (Å²) >= 11 is 0. The van der Waals surface area contributed by atoms with Crippen molar-refractivity contribution in [1.29, 1.82) is 0 Å². The van der Waals surface area contributed by atoms with Crippen LogP contribution >= 0.6 is 0 Å². The Labute approximate surface area is 119 Å². The van der Waals surface area contributed by atoms with Crippen LogP contribution in [0.2, 0.25) is 0 Å². The summed E-state index contributed by atoms with van der Waals surface area (Å²) in [4.78, 5) is 11.1. The van der Waals surface area contributed by atoms with Crippen molar-refractivity contribution in [2.24, 2.45) is 11.5 Å². The molecule has 0 bridgehead atoms. The number of hydrogen-bond acceptors (Lipinski definition) is 5. The van der Waals surface area contributed by atoms with Crippen molar-refractivity contribution in [1.82, 2.24) is 0 Å². The van der Waals surface area contributed by atoms with Crippen molar-refractivity contribution in [2.45, 2.75) is 25.3 Å². The maximum absolute atomic E-state index is 11.1. The van der Waals surface area contributed by atoms with Gasteiger partial charge in [0, 0.05) is 18.2 Å². The molecule has 1 aromatic carbocycles. The summed E-state index contributed by atoms with van der Waals surface area (Å²) in [6.07, 6.45) is 1.08. The first-order valence-electron chi connectivity index (χ1n) is 6.33.